The van der Waals surface area contributed by atoms with E-state index in [9.17, 15) is 31.6 Å². The molecule has 0 saturated carbocycles. The van der Waals surface area contributed by atoms with Crippen molar-refractivity contribution in [2.24, 2.45) is 0 Å². The van der Waals surface area contributed by atoms with Crippen LogP contribution in [0.4, 0.5) is 26.3 Å². The van der Waals surface area contributed by atoms with Crippen molar-refractivity contribution >= 4 is 23.2 Å². The van der Waals surface area contributed by atoms with Gasteiger partial charge in [0.1, 0.15) is 0 Å². The molecule has 2 rings (SSSR count). The van der Waals surface area contributed by atoms with Crippen LogP contribution in [-0.2, 0) is 18.8 Å². The number of alkyl halides is 6. The molecule has 0 amide bonds. The van der Waals surface area contributed by atoms with Gasteiger partial charge >= 0.3 is 12.4 Å². The summed E-state index contributed by atoms with van der Waals surface area (Å²) < 4.78 is 75.7. The molecule has 138 valence electrons. The third kappa shape index (κ3) is 4.56. The van der Waals surface area contributed by atoms with E-state index in [-0.39, 0.29) is 22.8 Å². The molecule has 0 bridgehead atoms. The lowest BCUT2D eigenvalue weighted by molar-refractivity contribution is -0.138. The number of nitrogens with zero attached hydrogens (tertiary/aromatic N) is 3. The number of rotatable bonds is 3. The van der Waals surface area contributed by atoms with Crippen molar-refractivity contribution in [1.82, 2.24) is 9.97 Å². The first kappa shape index (κ1) is 20.3. The smallest absolute Gasteiger partial charge is 0.259 e. The molecule has 2 heterocycles. The standard InChI is InChI=1S/C15H7Cl2F6N3/c16-10-2-8(14(18,19)20)5-25-12(10)1-7(4-24)13-11(17)3-9(6-26-13)15(21,22)23/h2-3,5-7H,1H2. The summed E-state index contributed by atoms with van der Waals surface area (Å²) in [6.07, 6.45) is -8.49. The molecule has 0 aliphatic rings. The Morgan fingerprint density at radius 2 is 1.42 bits per heavy atom. The molecule has 26 heavy (non-hydrogen) atoms. The van der Waals surface area contributed by atoms with Gasteiger partial charge < -0.3 is 0 Å². The van der Waals surface area contributed by atoms with E-state index in [1.165, 1.54) is 0 Å². The number of aromatic nitrogens is 2. The van der Waals surface area contributed by atoms with E-state index < -0.39 is 34.4 Å². The summed E-state index contributed by atoms with van der Waals surface area (Å²) in [5.41, 5.74) is -2.34. The second-order valence-electron chi connectivity index (χ2n) is 5.12. The minimum Gasteiger partial charge on any atom is -0.259 e. The zero-order valence-electron chi connectivity index (χ0n) is 12.5. The van der Waals surface area contributed by atoms with Gasteiger partial charge in [-0.3, -0.25) is 9.97 Å². The molecular weight excluding hydrogens is 407 g/mol. The Morgan fingerprint density at radius 3 is 1.85 bits per heavy atom. The maximum atomic E-state index is 12.6. The lowest BCUT2D eigenvalue weighted by Crippen LogP contribution is -2.11. The first-order chi connectivity index (χ1) is 11.9. The minimum atomic E-state index is -4.66. The van der Waals surface area contributed by atoms with Gasteiger partial charge in [-0.2, -0.15) is 31.6 Å². The van der Waals surface area contributed by atoms with Crippen LogP contribution in [0.25, 0.3) is 0 Å². The zero-order chi connectivity index (χ0) is 19.7. The van der Waals surface area contributed by atoms with Crippen molar-refractivity contribution < 1.29 is 26.3 Å². The predicted octanol–water partition coefficient (Wildman–Crippen LogP) is 5.67. The molecule has 0 aromatic carbocycles. The number of nitriles is 1. The Labute approximate surface area is 153 Å². The lowest BCUT2D eigenvalue weighted by atomic mass is 9.99. The van der Waals surface area contributed by atoms with Gasteiger partial charge in [-0.05, 0) is 12.1 Å². The van der Waals surface area contributed by atoms with Crippen LogP contribution in [-0.4, -0.2) is 9.97 Å². The average molecular weight is 414 g/mol. The van der Waals surface area contributed by atoms with E-state index in [1.54, 1.807) is 6.07 Å². The third-order valence-electron chi connectivity index (χ3n) is 3.33. The third-order valence-corrected chi connectivity index (χ3v) is 3.96. The molecular formula is C15H7Cl2F6N3. The van der Waals surface area contributed by atoms with E-state index in [0.29, 0.717) is 24.5 Å². The van der Waals surface area contributed by atoms with Gasteiger partial charge in [-0.1, -0.05) is 23.2 Å². The summed E-state index contributed by atoms with van der Waals surface area (Å²) in [5.74, 6) is -1.15. The summed E-state index contributed by atoms with van der Waals surface area (Å²) in [6.45, 7) is 0. The van der Waals surface area contributed by atoms with Crippen LogP contribution in [0, 0.1) is 11.3 Å². The minimum absolute atomic E-state index is 0.0380. The highest BCUT2D eigenvalue weighted by atomic mass is 35.5. The topological polar surface area (TPSA) is 49.6 Å². The van der Waals surface area contributed by atoms with Gasteiger partial charge in [0.2, 0.25) is 0 Å². The van der Waals surface area contributed by atoms with Crippen LogP contribution in [0.3, 0.4) is 0 Å². The largest absolute Gasteiger partial charge is 0.417 e. The van der Waals surface area contributed by atoms with Crippen LogP contribution in [0.2, 0.25) is 10.0 Å². The van der Waals surface area contributed by atoms with Crippen LogP contribution in [0.1, 0.15) is 28.4 Å². The SMILES string of the molecule is N#CC(Cc1ncc(C(F)(F)F)cc1Cl)c1ncc(C(F)(F)F)cc1Cl. The van der Waals surface area contributed by atoms with E-state index >= 15 is 0 Å². The Hall–Kier alpha value is -2.05. The second-order valence-corrected chi connectivity index (χ2v) is 5.94. The Kier molecular flexibility index (Phi) is 5.68. The van der Waals surface area contributed by atoms with Crippen molar-refractivity contribution in [3.63, 3.8) is 0 Å². The number of halogens is 8. The molecule has 1 unspecified atom stereocenters. The van der Waals surface area contributed by atoms with Crippen molar-refractivity contribution in [2.75, 3.05) is 0 Å². The molecule has 2 aromatic rings. The second kappa shape index (κ2) is 7.29. The molecule has 0 aliphatic carbocycles. The van der Waals surface area contributed by atoms with E-state index in [2.05, 4.69) is 9.97 Å². The maximum Gasteiger partial charge on any atom is 0.417 e. The highest BCUT2D eigenvalue weighted by molar-refractivity contribution is 6.31. The number of pyridine rings is 2. The van der Waals surface area contributed by atoms with Gasteiger partial charge in [-0.15, -0.1) is 0 Å². The molecule has 0 fully saturated rings. The zero-order valence-corrected chi connectivity index (χ0v) is 14.0. The Bertz CT molecular complexity index is 858. The van der Waals surface area contributed by atoms with Gasteiger partial charge in [-0.25, -0.2) is 0 Å². The molecule has 2 aromatic heterocycles. The van der Waals surface area contributed by atoms with Crippen molar-refractivity contribution in [1.29, 1.82) is 5.26 Å². The fraction of sp³-hybridized carbons (Fsp3) is 0.267. The van der Waals surface area contributed by atoms with Crippen LogP contribution >= 0.6 is 23.2 Å². The highest BCUT2D eigenvalue weighted by Crippen LogP contribution is 2.35. The molecule has 11 heteroatoms. The molecule has 0 aliphatic heterocycles. The predicted molar refractivity (Wildman–Crippen MR) is 80.6 cm³/mol. The van der Waals surface area contributed by atoms with Gasteiger partial charge in [0.15, 0.2) is 0 Å². The molecule has 0 spiro atoms. The monoisotopic (exact) mass is 413 g/mol. The first-order valence-corrected chi connectivity index (χ1v) is 7.53. The molecule has 0 N–H and O–H groups in total. The lowest BCUT2D eigenvalue weighted by Gasteiger charge is -2.14. The van der Waals surface area contributed by atoms with Gasteiger partial charge in [0, 0.05) is 18.8 Å². The van der Waals surface area contributed by atoms with Crippen molar-refractivity contribution in [2.45, 2.75) is 24.7 Å². The number of hydrogen-bond donors (Lipinski definition) is 0. The van der Waals surface area contributed by atoms with Crippen molar-refractivity contribution in [3.05, 3.63) is 57.1 Å². The van der Waals surface area contributed by atoms with E-state index in [4.69, 9.17) is 23.2 Å². The van der Waals surface area contributed by atoms with Crippen LogP contribution in [0.15, 0.2) is 24.5 Å². The summed E-state index contributed by atoms with van der Waals surface area (Å²) in [4.78, 5) is 7.16. The normalized spacial score (nSPS) is 13.3. The van der Waals surface area contributed by atoms with Gasteiger partial charge in [0.05, 0.1) is 44.5 Å². The summed E-state index contributed by atoms with van der Waals surface area (Å²) in [6, 6.07) is 3.06. The number of hydrogen-bond acceptors (Lipinski definition) is 3. The maximum absolute atomic E-state index is 12.6. The molecule has 1 atom stereocenters. The first-order valence-electron chi connectivity index (χ1n) is 6.77. The Morgan fingerprint density at radius 1 is 0.923 bits per heavy atom. The fourth-order valence-corrected chi connectivity index (χ4v) is 2.57. The van der Waals surface area contributed by atoms with Crippen LogP contribution < -0.4 is 0 Å². The highest BCUT2D eigenvalue weighted by Gasteiger charge is 2.33. The summed E-state index contributed by atoms with van der Waals surface area (Å²) in [7, 11) is 0. The Balaban J connectivity index is 2.32. The summed E-state index contributed by atoms with van der Waals surface area (Å²) >= 11 is 11.6. The quantitative estimate of drug-likeness (QED) is 0.609. The summed E-state index contributed by atoms with van der Waals surface area (Å²) in [5, 5.41) is 8.52. The van der Waals surface area contributed by atoms with E-state index in [0.717, 1.165) is 0 Å². The molecule has 0 saturated heterocycles. The fourth-order valence-electron chi connectivity index (χ4n) is 2.03. The molecule has 3 nitrogen and oxygen atoms in total. The van der Waals surface area contributed by atoms with Crippen LogP contribution in [0.5, 0.6) is 0 Å². The van der Waals surface area contributed by atoms with Crippen molar-refractivity contribution in [3.8, 4) is 6.07 Å². The molecule has 0 radical (unpaired) electrons. The van der Waals surface area contributed by atoms with Gasteiger partial charge in [0.25, 0.3) is 0 Å². The van der Waals surface area contributed by atoms with E-state index in [1.807, 2.05) is 0 Å². The average Bonchev–Trinajstić information content (AvgIpc) is 2.52.